The standard InChI is InChI=1S/C18H16FN3O2/c1-24-14-8-6-12(7-9-14)17-15(11-21-22-17)18(23)20-10-13-4-2-3-5-16(13)19/h2-9,11H,10H2,1H3,(H,20,23)(H,21,22). The van der Waals surface area contributed by atoms with E-state index in [0.717, 1.165) is 11.3 Å². The van der Waals surface area contributed by atoms with Gasteiger partial charge in [-0.1, -0.05) is 18.2 Å². The fraction of sp³-hybridized carbons (Fsp3) is 0.111. The molecule has 0 saturated carbocycles. The van der Waals surface area contributed by atoms with E-state index in [1.165, 1.54) is 12.3 Å². The molecule has 0 aliphatic carbocycles. The van der Waals surface area contributed by atoms with Crippen LogP contribution in [0.2, 0.25) is 0 Å². The van der Waals surface area contributed by atoms with Crippen LogP contribution in [0.25, 0.3) is 11.3 Å². The molecule has 0 fully saturated rings. The molecule has 6 heteroatoms. The van der Waals surface area contributed by atoms with Gasteiger partial charge in [0.1, 0.15) is 11.6 Å². The summed E-state index contributed by atoms with van der Waals surface area (Å²) in [5.41, 5.74) is 2.24. The minimum absolute atomic E-state index is 0.110. The monoisotopic (exact) mass is 325 g/mol. The van der Waals surface area contributed by atoms with E-state index in [2.05, 4.69) is 15.5 Å². The number of carbonyl (C=O) groups excluding carboxylic acids is 1. The average molecular weight is 325 g/mol. The van der Waals surface area contributed by atoms with Gasteiger partial charge < -0.3 is 10.1 Å². The van der Waals surface area contributed by atoms with Crippen LogP contribution in [0.1, 0.15) is 15.9 Å². The van der Waals surface area contributed by atoms with Crippen LogP contribution in [0.3, 0.4) is 0 Å². The summed E-state index contributed by atoms with van der Waals surface area (Å²) in [5, 5.41) is 9.48. The molecule has 5 nitrogen and oxygen atoms in total. The predicted molar refractivity (Wildman–Crippen MR) is 88.1 cm³/mol. The van der Waals surface area contributed by atoms with Gasteiger partial charge in [-0.15, -0.1) is 0 Å². The van der Waals surface area contributed by atoms with Crippen molar-refractivity contribution in [1.82, 2.24) is 15.5 Å². The van der Waals surface area contributed by atoms with Gasteiger partial charge in [-0.3, -0.25) is 9.89 Å². The van der Waals surface area contributed by atoms with Gasteiger partial charge in [-0.25, -0.2) is 4.39 Å². The number of aromatic amines is 1. The number of methoxy groups -OCH3 is 1. The van der Waals surface area contributed by atoms with Gasteiger partial charge in [-0.2, -0.15) is 5.10 Å². The van der Waals surface area contributed by atoms with E-state index in [4.69, 9.17) is 4.74 Å². The summed E-state index contributed by atoms with van der Waals surface area (Å²) in [7, 11) is 1.59. The number of ether oxygens (including phenoxy) is 1. The second-order valence-electron chi connectivity index (χ2n) is 5.16. The number of aromatic nitrogens is 2. The Morgan fingerprint density at radius 3 is 2.67 bits per heavy atom. The first-order valence-corrected chi connectivity index (χ1v) is 7.38. The first-order valence-electron chi connectivity index (χ1n) is 7.38. The lowest BCUT2D eigenvalue weighted by Gasteiger charge is -2.07. The van der Waals surface area contributed by atoms with Crippen LogP contribution in [0, 0.1) is 5.82 Å². The Hall–Kier alpha value is -3.15. The normalized spacial score (nSPS) is 10.4. The van der Waals surface area contributed by atoms with E-state index in [0.29, 0.717) is 16.8 Å². The molecule has 1 amide bonds. The van der Waals surface area contributed by atoms with Crippen molar-refractivity contribution in [1.29, 1.82) is 0 Å². The van der Waals surface area contributed by atoms with Gasteiger partial charge in [-0.05, 0) is 30.3 Å². The fourth-order valence-corrected chi connectivity index (χ4v) is 2.35. The lowest BCUT2D eigenvalue weighted by atomic mass is 10.1. The number of hydrogen-bond acceptors (Lipinski definition) is 3. The first kappa shape index (κ1) is 15.7. The summed E-state index contributed by atoms with van der Waals surface area (Å²) in [6.45, 7) is 0.110. The Balaban J connectivity index is 1.76. The third-order valence-electron chi connectivity index (χ3n) is 3.66. The Kier molecular flexibility index (Phi) is 4.56. The van der Waals surface area contributed by atoms with Crippen molar-refractivity contribution in [2.75, 3.05) is 7.11 Å². The number of amides is 1. The highest BCUT2D eigenvalue weighted by Gasteiger charge is 2.15. The summed E-state index contributed by atoms with van der Waals surface area (Å²) in [4.78, 5) is 12.4. The zero-order valence-corrected chi connectivity index (χ0v) is 13.0. The molecule has 3 rings (SSSR count). The molecular weight excluding hydrogens is 309 g/mol. The summed E-state index contributed by atoms with van der Waals surface area (Å²) >= 11 is 0. The maximum absolute atomic E-state index is 13.6. The van der Waals surface area contributed by atoms with E-state index < -0.39 is 0 Å². The summed E-state index contributed by atoms with van der Waals surface area (Å²) < 4.78 is 18.7. The summed E-state index contributed by atoms with van der Waals surface area (Å²) in [5.74, 6) is 0.0574. The van der Waals surface area contributed by atoms with E-state index in [9.17, 15) is 9.18 Å². The molecule has 0 bridgehead atoms. The van der Waals surface area contributed by atoms with Gasteiger partial charge in [0.2, 0.25) is 0 Å². The Morgan fingerprint density at radius 1 is 1.21 bits per heavy atom. The molecular formula is C18H16FN3O2. The van der Waals surface area contributed by atoms with Crippen molar-refractivity contribution in [3.63, 3.8) is 0 Å². The zero-order chi connectivity index (χ0) is 16.9. The van der Waals surface area contributed by atoms with Crippen molar-refractivity contribution in [3.8, 4) is 17.0 Å². The van der Waals surface area contributed by atoms with Gasteiger partial charge in [0.25, 0.3) is 5.91 Å². The Labute approximate surface area is 138 Å². The number of nitrogens with zero attached hydrogens (tertiary/aromatic N) is 1. The second kappa shape index (κ2) is 6.95. The molecule has 1 heterocycles. The predicted octanol–water partition coefficient (Wildman–Crippen LogP) is 3.15. The minimum atomic E-state index is -0.347. The molecule has 0 aliphatic rings. The van der Waals surface area contributed by atoms with Crippen molar-refractivity contribution in [3.05, 3.63) is 71.7 Å². The molecule has 0 aliphatic heterocycles. The van der Waals surface area contributed by atoms with Crippen LogP contribution in [-0.4, -0.2) is 23.2 Å². The van der Waals surface area contributed by atoms with Crippen LogP contribution < -0.4 is 10.1 Å². The molecule has 1 aromatic heterocycles. The molecule has 24 heavy (non-hydrogen) atoms. The quantitative estimate of drug-likeness (QED) is 0.757. The molecule has 2 aromatic carbocycles. The number of halogens is 1. The summed E-state index contributed by atoms with van der Waals surface area (Å²) in [6.07, 6.45) is 1.45. The number of hydrogen-bond donors (Lipinski definition) is 2. The SMILES string of the molecule is COc1ccc(-c2[nH]ncc2C(=O)NCc2ccccc2F)cc1. The number of benzene rings is 2. The Morgan fingerprint density at radius 2 is 1.96 bits per heavy atom. The van der Waals surface area contributed by atoms with E-state index in [1.54, 1.807) is 37.4 Å². The Bertz CT molecular complexity index is 843. The molecule has 0 saturated heterocycles. The van der Waals surface area contributed by atoms with Gasteiger partial charge in [0.05, 0.1) is 24.6 Å². The first-order chi connectivity index (χ1) is 11.7. The highest BCUT2D eigenvalue weighted by atomic mass is 19.1. The zero-order valence-electron chi connectivity index (χ0n) is 13.0. The lowest BCUT2D eigenvalue weighted by molar-refractivity contribution is 0.0951. The molecule has 0 unspecified atom stereocenters. The molecule has 122 valence electrons. The molecule has 0 atom stereocenters. The minimum Gasteiger partial charge on any atom is -0.497 e. The largest absolute Gasteiger partial charge is 0.497 e. The van der Waals surface area contributed by atoms with Crippen LogP contribution in [0.5, 0.6) is 5.75 Å². The van der Waals surface area contributed by atoms with Crippen molar-refractivity contribution in [2.24, 2.45) is 0 Å². The van der Waals surface area contributed by atoms with Crippen LogP contribution in [0.4, 0.5) is 4.39 Å². The number of nitrogens with one attached hydrogen (secondary N) is 2. The van der Waals surface area contributed by atoms with Crippen LogP contribution in [0.15, 0.2) is 54.7 Å². The van der Waals surface area contributed by atoms with Gasteiger partial charge >= 0.3 is 0 Å². The maximum Gasteiger partial charge on any atom is 0.255 e. The van der Waals surface area contributed by atoms with Crippen LogP contribution in [-0.2, 0) is 6.54 Å². The van der Waals surface area contributed by atoms with E-state index >= 15 is 0 Å². The van der Waals surface area contributed by atoms with Crippen molar-refractivity contribution in [2.45, 2.75) is 6.54 Å². The average Bonchev–Trinajstić information content (AvgIpc) is 3.10. The fourth-order valence-electron chi connectivity index (χ4n) is 2.35. The number of rotatable bonds is 5. The lowest BCUT2D eigenvalue weighted by Crippen LogP contribution is -2.23. The maximum atomic E-state index is 13.6. The van der Waals surface area contributed by atoms with Crippen molar-refractivity contribution < 1.29 is 13.9 Å². The smallest absolute Gasteiger partial charge is 0.255 e. The second-order valence-corrected chi connectivity index (χ2v) is 5.16. The molecule has 2 N–H and O–H groups in total. The van der Waals surface area contributed by atoms with Gasteiger partial charge in [0, 0.05) is 17.7 Å². The third kappa shape index (κ3) is 3.27. The number of carbonyl (C=O) groups is 1. The van der Waals surface area contributed by atoms with E-state index in [-0.39, 0.29) is 18.3 Å². The van der Waals surface area contributed by atoms with Gasteiger partial charge in [0.15, 0.2) is 0 Å². The van der Waals surface area contributed by atoms with Crippen LogP contribution >= 0.6 is 0 Å². The molecule has 0 radical (unpaired) electrons. The molecule has 0 spiro atoms. The topological polar surface area (TPSA) is 67.0 Å². The highest BCUT2D eigenvalue weighted by molar-refractivity contribution is 5.99. The number of H-pyrrole nitrogens is 1. The third-order valence-corrected chi connectivity index (χ3v) is 3.66. The van der Waals surface area contributed by atoms with Crippen molar-refractivity contribution >= 4 is 5.91 Å². The summed E-state index contributed by atoms with van der Waals surface area (Å²) in [6, 6.07) is 13.6. The highest BCUT2D eigenvalue weighted by Crippen LogP contribution is 2.23. The van der Waals surface area contributed by atoms with E-state index in [1.807, 2.05) is 12.1 Å². The molecule has 3 aromatic rings.